The number of ether oxygens (including phenoxy) is 4. The first kappa shape index (κ1) is 33.9. The number of ketones is 4. The van der Waals surface area contributed by atoms with Gasteiger partial charge in [-0.3, -0.25) is 19.2 Å². The maximum absolute atomic E-state index is 15.9. The van der Waals surface area contributed by atoms with Crippen LogP contribution in [0.3, 0.4) is 0 Å². The minimum absolute atomic E-state index is 0.261. The van der Waals surface area contributed by atoms with Crippen LogP contribution in [-0.2, 0) is 19.2 Å². The largest absolute Gasteiger partial charge is 0.496 e. The van der Waals surface area contributed by atoms with Gasteiger partial charge in [-0.25, -0.2) is 0 Å². The van der Waals surface area contributed by atoms with Crippen molar-refractivity contribution in [2.75, 3.05) is 28.4 Å². The first-order valence-corrected chi connectivity index (χ1v) is 20.3. The SMILES string of the molecule is COc1ccc(OC)c2c1[C@@H]1C3=C(C(=O)C4=C(C3=O)C3C5=C(C(=O)C6=C(C5=O)[C@@H]5c7ccccc7[C@H]6c6c(OC)ccc(OC)c65)C4c4ccccc43)[C@H]2c2ccccc21. The van der Waals surface area contributed by atoms with E-state index in [4.69, 9.17) is 18.9 Å². The van der Waals surface area contributed by atoms with Crippen molar-refractivity contribution in [3.63, 3.8) is 0 Å². The lowest BCUT2D eigenvalue weighted by Crippen LogP contribution is -2.48. The molecule has 16 rings (SSSR count). The molecular weight excluding hydrogens is 753 g/mol. The van der Waals surface area contributed by atoms with Gasteiger partial charge in [0.2, 0.25) is 0 Å². The Morgan fingerprint density at radius 1 is 0.283 bits per heavy atom. The van der Waals surface area contributed by atoms with E-state index in [0.717, 1.165) is 55.6 Å². The van der Waals surface area contributed by atoms with E-state index in [-0.39, 0.29) is 23.1 Å². The molecule has 0 saturated heterocycles. The Hall–Kier alpha value is -7.06. The normalized spacial score (nSPS) is 25.2. The number of methoxy groups -OCH3 is 4. The number of carbonyl (C=O) groups excluding carboxylic acids is 4. The number of hydrogen-bond donors (Lipinski definition) is 0. The van der Waals surface area contributed by atoms with Crippen molar-refractivity contribution in [1.82, 2.24) is 0 Å². The predicted octanol–water partition coefficient (Wildman–Crippen LogP) is 7.99. The van der Waals surface area contributed by atoms with Crippen LogP contribution in [0.25, 0.3) is 0 Å². The number of allylic oxidation sites excluding steroid dienone is 8. The molecule has 0 radical (unpaired) electrons. The molecule has 290 valence electrons. The number of rotatable bonds is 4. The number of benzene rings is 5. The third-order valence-corrected chi connectivity index (χ3v) is 14.7. The van der Waals surface area contributed by atoms with E-state index in [2.05, 4.69) is 0 Å². The Morgan fingerprint density at radius 3 is 0.667 bits per heavy atom. The second-order valence-electron chi connectivity index (χ2n) is 16.7. The lowest BCUT2D eigenvalue weighted by atomic mass is 9.48. The summed E-state index contributed by atoms with van der Waals surface area (Å²) in [5, 5.41) is 0. The van der Waals surface area contributed by atoms with Crippen LogP contribution < -0.4 is 18.9 Å². The molecule has 0 unspecified atom stereocenters. The maximum atomic E-state index is 15.9. The van der Waals surface area contributed by atoms with Gasteiger partial charge in [0, 0.05) is 102 Å². The Kier molecular flexibility index (Phi) is 6.41. The average molecular weight is 787 g/mol. The summed E-state index contributed by atoms with van der Waals surface area (Å²) < 4.78 is 23.9. The molecule has 0 heterocycles. The summed E-state index contributed by atoms with van der Waals surface area (Å²) in [6.07, 6.45) is 0. The maximum Gasteiger partial charge on any atom is 0.187 e. The van der Waals surface area contributed by atoms with Crippen molar-refractivity contribution in [1.29, 1.82) is 0 Å². The first-order chi connectivity index (χ1) is 29.4. The van der Waals surface area contributed by atoms with Crippen molar-refractivity contribution in [3.8, 4) is 23.0 Å². The highest BCUT2D eigenvalue weighted by atomic mass is 16.5. The minimum Gasteiger partial charge on any atom is -0.496 e. The smallest absolute Gasteiger partial charge is 0.187 e. The van der Waals surface area contributed by atoms with E-state index >= 15 is 19.2 Å². The van der Waals surface area contributed by atoms with Gasteiger partial charge in [0.05, 0.1) is 28.4 Å². The molecule has 0 amide bonds. The third-order valence-electron chi connectivity index (χ3n) is 14.7. The molecule has 5 aromatic carbocycles. The van der Waals surface area contributed by atoms with Crippen molar-refractivity contribution in [3.05, 3.63) is 197 Å². The molecule has 6 bridgehead atoms. The van der Waals surface area contributed by atoms with Gasteiger partial charge in [-0.2, -0.15) is 0 Å². The molecule has 5 aromatic rings. The fourth-order valence-corrected chi connectivity index (χ4v) is 12.8. The van der Waals surface area contributed by atoms with E-state index < -0.39 is 35.5 Å². The summed E-state index contributed by atoms with van der Waals surface area (Å²) in [7, 11) is 6.44. The topological polar surface area (TPSA) is 105 Å². The van der Waals surface area contributed by atoms with Gasteiger partial charge in [-0.1, -0.05) is 72.8 Å². The fraction of sp³-hybridized carbons (Fsp3) is 0.192. The fourth-order valence-electron chi connectivity index (χ4n) is 12.8. The molecule has 0 spiro atoms. The Labute approximate surface area is 344 Å². The standard InChI is InChI=1S/C52H34O8/c1-57-27-17-18-28(58-2)38-32-22-12-6-5-11-21(22)31(37(27)38)41-42(32)50(54)46-36-26-16-10-9-15-25(26)35(45(46)49(41)53)47-48(36)52(56)44-34-24-14-8-7-13-23(24)33(43(44)51(47)55)39-29(59-3)19-20-30(60-4)40(34)39/h5-20,31-36H,1-4H3/t31-,32+,33-,34+,35?,36?. The van der Waals surface area contributed by atoms with Crippen LogP contribution >= 0.6 is 0 Å². The summed E-state index contributed by atoms with van der Waals surface area (Å²) >= 11 is 0. The second kappa shape index (κ2) is 11.4. The molecule has 11 aliphatic carbocycles. The zero-order chi connectivity index (χ0) is 40.6. The molecule has 0 saturated carbocycles. The van der Waals surface area contributed by atoms with Gasteiger partial charge in [-0.15, -0.1) is 0 Å². The molecule has 60 heavy (non-hydrogen) atoms. The summed E-state index contributed by atoms with van der Waals surface area (Å²) in [6.45, 7) is 0. The number of hydrogen-bond acceptors (Lipinski definition) is 8. The Morgan fingerprint density at radius 2 is 0.467 bits per heavy atom. The third kappa shape index (κ3) is 3.60. The molecule has 0 N–H and O–H groups in total. The minimum atomic E-state index is -0.919. The molecule has 0 fully saturated rings. The highest BCUT2D eigenvalue weighted by Crippen LogP contribution is 2.69. The van der Waals surface area contributed by atoms with Crippen LogP contribution in [0.1, 0.15) is 91.1 Å². The summed E-state index contributed by atoms with van der Waals surface area (Å²) in [5.74, 6) is -2.91. The highest BCUT2D eigenvalue weighted by Gasteiger charge is 2.63. The molecule has 0 aliphatic heterocycles. The van der Waals surface area contributed by atoms with E-state index in [9.17, 15) is 0 Å². The van der Waals surface area contributed by atoms with Gasteiger partial charge in [0.15, 0.2) is 23.1 Å². The quantitative estimate of drug-likeness (QED) is 0.169. The summed E-state index contributed by atoms with van der Waals surface area (Å²) in [5.41, 5.74) is 11.4. The van der Waals surface area contributed by atoms with Crippen LogP contribution in [0.4, 0.5) is 0 Å². The predicted molar refractivity (Wildman–Crippen MR) is 219 cm³/mol. The zero-order valence-electron chi connectivity index (χ0n) is 33.0. The summed E-state index contributed by atoms with van der Waals surface area (Å²) in [6, 6.07) is 31.0. The molecular formula is C52H34O8. The van der Waals surface area contributed by atoms with Crippen LogP contribution in [0.5, 0.6) is 23.0 Å². The van der Waals surface area contributed by atoms with Gasteiger partial charge in [-0.05, 0) is 57.6 Å². The van der Waals surface area contributed by atoms with Gasteiger partial charge in [0.25, 0.3) is 0 Å². The van der Waals surface area contributed by atoms with Crippen LogP contribution in [0.2, 0.25) is 0 Å². The van der Waals surface area contributed by atoms with E-state index in [1.54, 1.807) is 28.4 Å². The van der Waals surface area contributed by atoms with Crippen LogP contribution in [-0.4, -0.2) is 51.6 Å². The van der Waals surface area contributed by atoms with Gasteiger partial charge in [0.1, 0.15) is 23.0 Å². The zero-order valence-corrected chi connectivity index (χ0v) is 33.0. The van der Waals surface area contributed by atoms with Crippen LogP contribution in [0.15, 0.2) is 142 Å². The Balaban J connectivity index is 1.05. The second-order valence-corrected chi connectivity index (χ2v) is 16.7. The average Bonchev–Trinajstić information content (AvgIpc) is 3.30. The van der Waals surface area contributed by atoms with Crippen molar-refractivity contribution in [2.24, 2.45) is 0 Å². The van der Waals surface area contributed by atoms with Crippen molar-refractivity contribution >= 4 is 23.1 Å². The Bertz CT molecular complexity index is 2760. The van der Waals surface area contributed by atoms with Crippen LogP contribution in [0, 0.1) is 0 Å². The summed E-state index contributed by atoms with van der Waals surface area (Å²) in [4.78, 5) is 63.4. The van der Waals surface area contributed by atoms with E-state index in [1.807, 2.05) is 97.1 Å². The lowest BCUT2D eigenvalue weighted by Gasteiger charge is -2.52. The number of Topliss-reactive ketones (excluding diaryl/α,β-unsaturated/α-hetero) is 4. The molecule has 8 nitrogen and oxygen atoms in total. The first-order valence-electron chi connectivity index (χ1n) is 20.3. The van der Waals surface area contributed by atoms with E-state index in [0.29, 0.717) is 67.6 Å². The number of carbonyl (C=O) groups is 4. The van der Waals surface area contributed by atoms with Crippen molar-refractivity contribution in [2.45, 2.75) is 35.5 Å². The molecule has 4 atom stereocenters. The van der Waals surface area contributed by atoms with Crippen molar-refractivity contribution < 1.29 is 38.1 Å². The van der Waals surface area contributed by atoms with Gasteiger partial charge < -0.3 is 18.9 Å². The molecule has 8 heteroatoms. The molecule has 11 aliphatic rings. The lowest BCUT2D eigenvalue weighted by molar-refractivity contribution is -0.119. The highest BCUT2D eigenvalue weighted by molar-refractivity contribution is 6.36. The van der Waals surface area contributed by atoms with E-state index in [1.165, 1.54) is 0 Å². The van der Waals surface area contributed by atoms with Gasteiger partial charge >= 0.3 is 0 Å². The molecule has 0 aromatic heterocycles. The monoisotopic (exact) mass is 786 g/mol.